The first-order valence-corrected chi connectivity index (χ1v) is 8.57. The molecule has 9 heteroatoms. The lowest BCUT2D eigenvalue weighted by Crippen LogP contribution is -2.46. The van der Waals surface area contributed by atoms with E-state index in [9.17, 15) is 4.79 Å². The summed E-state index contributed by atoms with van der Waals surface area (Å²) in [6.45, 7) is 5.15. The molecule has 1 aliphatic heterocycles. The average molecular weight is 374 g/mol. The summed E-state index contributed by atoms with van der Waals surface area (Å²) in [5.74, 6) is 0. The number of fused-ring (bicyclic) bond motifs is 1. The Kier molecular flexibility index (Phi) is 4.29. The highest BCUT2D eigenvalue weighted by molar-refractivity contribution is 6.38. The van der Waals surface area contributed by atoms with Crippen LogP contribution in [0.5, 0.6) is 0 Å². The molecule has 26 heavy (non-hydrogen) atoms. The van der Waals surface area contributed by atoms with E-state index in [-0.39, 0.29) is 17.9 Å². The number of rotatable bonds is 3. The predicted octanol–water partition coefficient (Wildman–Crippen LogP) is 2.76. The fourth-order valence-electron chi connectivity index (χ4n) is 3.26. The first kappa shape index (κ1) is 16.9. The highest BCUT2D eigenvalue weighted by Gasteiger charge is 2.29. The maximum absolute atomic E-state index is 11.7. The molecular formula is C17H16ClN5O3. The molecule has 3 aromatic rings. The van der Waals surface area contributed by atoms with E-state index in [1.54, 1.807) is 18.6 Å². The van der Waals surface area contributed by atoms with E-state index in [1.807, 2.05) is 18.7 Å². The number of carbonyl (C=O) groups is 1. The van der Waals surface area contributed by atoms with Gasteiger partial charge in [0.05, 0.1) is 24.1 Å². The zero-order valence-electron chi connectivity index (χ0n) is 14.2. The van der Waals surface area contributed by atoms with Crippen molar-refractivity contribution in [3.8, 4) is 11.4 Å². The van der Waals surface area contributed by atoms with Gasteiger partial charge in [-0.15, -0.1) is 0 Å². The second-order valence-electron chi connectivity index (χ2n) is 6.24. The molecule has 4 heterocycles. The number of halogens is 1. The third-order valence-corrected chi connectivity index (χ3v) is 4.55. The molecule has 0 spiro atoms. The molecule has 0 bridgehead atoms. The number of carbonyl (C=O) groups excluding carboxylic acids is 1. The van der Waals surface area contributed by atoms with Crippen molar-refractivity contribution in [1.82, 2.24) is 20.1 Å². The van der Waals surface area contributed by atoms with Crippen LogP contribution in [-0.4, -0.2) is 51.7 Å². The third-order valence-electron chi connectivity index (χ3n) is 4.20. The summed E-state index contributed by atoms with van der Waals surface area (Å²) in [4.78, 5) is 26.4. The molecule has 1 fully saturated rings. The summed E-state index contributed by atoms with van der Waals surface area (Å²) in [5, 5.41) is 4.34. The van der Waals surface area contributed by atoms with Gasteiger partial charge in [-0.25, -0.2) is 4.98 Å². The lowest BCUT2D eigenvalue weighted by Gasteiger charge is -2.37. The Morgan fingerprint density at radius 1 is 1.27 bits per heavy atom. The topological polar surface area (TPSA) is 94.2 Å². The van der Waals surface area contributed by atoms with E-state index >= 15 is 0 Å². The summed E-state index contributed by atoms with van der Waals surface area (Å²) in [7, 11) is 0. The Hall–Kier alpha value is -2.58. The molecule has 0 radical (unpaired) electrons. The first-order valence-electron chi connectivity index (χ1n) is 8.19. The zero-order valence-corrected chi connectivity index (χ0v) is 15.0. The van der Waals surface area contributed by atoms with Crippen LogP contribution in [0.15, 0.2) is 23.1 Å². The van der Waals surface area contributed by atoms with Crippen molar-refractivity contribution in [2.75, 3.05) is 18.0 Å². The van der Waals surface area contributed by atoms with Gasteiger partial charge in [0.25, 0.3) is 0 Å². The number of pyridine rings is 1. The minimum atomic E-state index is 0.00916. The van der Waals surface area contributed by atoms with Gasteiger partial charge in [-0.3, -0.25) is 14.8 Å². The Balaban J connectivity index is 1.88. The van der Waals surface area contributed by atoms with Crippen LogP contribution in [0.3, 0.4) is 0 Å². The summed E-state index contributed by atoms with van der Waals surface area (Å²) >= 11 is 6.60. The number of ether oxygens (including phenoxy) is 1. The molecule has 0 amide bonds. The fourth-order valence-corrected chi connectivity index (χ4v) is 3.60. The molecule has 1 saturated heterocycles. The van der Waals surface area contributed by atoms with Crippen LogP contribution in [0.1, 0.15) is 24.3 Å². The molecule has 0 unspecified atom stereocenters. The summed E-state index contributed by atoms with van der Waals surface area (Å²) in [6, 6.07) is 0. The van der Waals surface area contributed by atoms with Gasteiger partial charge in [-0.2, -0.15) is 0 Å². The molecule has 4 rings (SSSR count). The van der Waals surface area contributed by atoms with Crippen LogP contribution in [0, 0.1) is 0 Å². The molecule has 0 aliphatic carbocycles. The second kappa shape index (κ2) is 6.62. The van der Waals surface area contributed by atoms with Crippen molar-refractivity contribution >= 4 is 34.7 Å². The number of aldehydes is 1. The Morgan fingerprint density at radius 2 is 2.04 bits per heavy atom. The van der Waals surface area contributed by atoms with Gasteiger partial charge < -0.3 is 14.2 Å². The van der Waals surface area contributed by atoms with E-state index in [0.717, 1.165) is 0 Å². The van der Waals surface area contributed by atoms with E-state index in [2.05, 4.69) is 20.1 Å². The van der Waals surface area contributed by atoms with Crippen molar-refractivity contribution in [1.29, 1.82) is 0 Å². The number of hydrogen-bond acceptors (Lipinski definition) is 8. The second-order valence-corrected chi connectivity index (χ2v) is 6.62. The molecule has 3 aromatic heterocycles. The molecule has 0 N–H and O–H groups in total. The smallest absolute Gasteiger partial charge is 0.206 e. The van der Waals surface area contributed by atoms with E-state index in [1.165, 1.54) is 0 Å². The maximum atomic E-state index is 11.7. The summed E-state index contributed by atoms with van der Waals surface area (Å²) in [5.41, 5.74) is 2.37. The van der Waals surface area contributed by atoms with Crippen molar-refractivity contribution < 1.29 is 14.1 Å². The van der Waals surface area contributed by atoms with E-state index in [4.69, 9.17) is 20.9 Å². The monoisotopic (exact) mass is 373 g/mol. The maximum Gasteiger partial charge on any atom is 0.206 e. The van der Waals surface area contributed by atoms with Crippen LogP contribution < -0.4 is 4.90 Å². The summed E-state index contributed by atoms with van der Waals surface area (Å²) < 4.78 is 11.2. The highest BCUT2D eigenvalue weighted by Crippen LogP contribution is 2.38. The van der Waals surface area contributed by atoms with Gasteiger partial charge in [-0.1, -0.05) is 16.8 Å². The normalized spacial score (nSPS) is 20.5. The zero-order chi connectivity index (χ0) is 18.3. The van der Waals surface area contributed by atoms with Crippen molar-refractivity contribution in [3.63, 3.8) is 0 Å². The molecule has 0 aromatic carbocycles. The Labute approximate surface area is 154 Å². The van der Waals surface area contributed by atoms with Gasteiger partial charge >= 0.3 is 0 Å². The van der Waals surface area contributed by atoms with Crippen molar-refractivity contribution in [2.45, 2.75) is 26.1 Å². The van der Waals surface area contributed by atoms with Gasteiger partial charge in [0.1, 0.15) is 21.9 Å². The molecule has 8 nitrogen and oxygen atoms in total. The lowest BCUT2D eigenvalue weighted by atomic mass is 10.1. The van der Waals surface area contributed by atoms with Gasteiger partial charge in [0, 0.05) is 25.5 Å². The number of nitrogens with zero attached hydrogens (tertiary/aromatic N) is 5. The fraction of sp³-hybridized carbons (Fsp3) is 0.353. The highest BCUT2D eigenvalue weighted by atomic mass is 35.5. The van der Waals surface area contributed by atoms with E-state index < -0.39 is 0 Å². The lowest BCUT2D eigenvalue weighted by molar-refractivity contribution is -0.00526. The Bertz CT molecular complexity index is 952. The Morgan fingerprint density at radius 3 is 2.69 bits per heavy atom. The van der Waals surface area contributed by atoms with Gasteiger partial charge in [0.15, 0.2) is 12.0 Å². The summed E-state index contributed by atoms with van der Waals surface area (Å²) in [6.07, 6.45) is 5.36. The van der Waals surface area contributed by atoms with Gasteiger partial charge in [0.2, 0.25) is 5.58 Å². The quantitative estimate of drug-likeness (QED) is 0.647. The number of anilines is 1. The number of morpholine rings is 1. The molecular weight excluding hydrogens is 358 g/mol. The molecule has 134 valence electrons. The molecule has 0 saturated carbocycles. The van der Waals surface area contributed by atoms with Crippen molar-refractivity contribution in [3.05, 3.63) is 29.3 Å². The van der Waals surface area contributed by atoms with Crippen molar-refractivity contribution in [2.24, 2.45) is 0 Å². The van der Waals surface area contributed by atoms with E-state index in [0.29, 0.717) is 52.6 Å². The molecule has 1 aliphatic rings. The minimum absolute atomic E-state index is 0.00916. The standard InChI is InChI=1S/C17H16ClN5O3/c1-9-6-23(7-10(2)25-9)16-12(8-24)21-15-14(11-5-19-3-4-20-11)22-26-17(15)13(16)18/h3-5,8-10H,6-7H2,1-2H3/t9-,10+. The van der Waals surface area contributed by atoms with Crippen LogP contribution in [-0.2, 0) is 4.74 Å². The first-order chi connectivity index (χ1) is 12.6. The average Bonchev–Trinajstić information content (AvgIpc) is 3.05. The SMILES string of the molecule is C[C@@H]1CN(c2c(C=O)nc3c(-c4cnccn4)noc3c2Cl)C[C@H](C)O1. The number of aromatic nitrogens is 4. The van der Waals surface area contributed by atoms with Gasteiger partial charge in [-0.05, 0) is 13.8 Å². The third kappa shape index (κ3) is 2.81. The van der Waals surface area contributed by atoms with Crippen LogP contribution in [0.4, 0.5) is 5.69 Å². The predicted molar refractivity (Wildman–Crippen MR) is 95.4 cm³/mol. The van der Waals surface area contributed by atoms with Crippen LogP contribution >= 0.6 is 11.6 Å². The number of hydrogen-bond donors (Lipinski definition) is 0. The van der Waals surface area contributed by atoms with Crippen LogP contribution in [0.2, 0.25) is 5.02 Å². The largest absolute Gasteiger partial charge is 0.372 e. The molecule has 2 atom stereocenters. The van der Waals surface area contributed by atoms with Crippen LogP contribution in [0.25, 0.3) is 22.5 Å². The minimum Gasteiger partial charge on any atom is -0.372 e.